The minimum atomic E-state index is -5.08. The van der Waals surface area contributed by atoms with E-state index in [-0.39, 0.29) is 0 Å². The van der Waals surface area contributed by atoms with Crippen molar-refractivity contribution in [3.05, 3.63) is 35.9 Å². The van der Waals surface area contributed by atoms with Crippen molar-refractivity contribution in [1.29, 1.82) is 0 Å². The van der Waals surface area contributed by atoms with E-state index in [1.165, 1.54) is 0 Å². The average Bonchev–Trinajstić information content (AvgIpc) is 2.38. The summed E-state index contributed by atoms with van der Waals surface area (Å²) in [4.78, 5) is 30.5. The van der Waals surface area contributed by atoms with E-state index in [9.17, 15) is 22.8 Å². The van der Waals surface area contributed by atoms with E-state index < -0.39 is 29.9 Å². The number of alkyl halides is 3. The summed E-state index contributed by atoms with van der Waals surface area (Å²) < 4.78 is 31.7. The molecule has 1 rings (SSSR count). The summed E-state index contributed by atoms with van der Waals surface area (Å²) in [5.74, 6) is -4.46. The maximum atomic E-state index is 11.0. The van der Waals surface area contributed by atoms with Crippen LogP contribution >= 0.6 is 0 Å². The third kappa shape index (κ3) is 7.67. The summed E-state index contributed by atoms with van der Waals surface area (Å²) >= 11 is 0. The molecular formula is C12H13F3N2O4. The first-order valence-corrected chi connectivity index (χ1v) is 5.49. The monoisotopic (exact) mass is 306 g/mol. The fourth-order valence-electron chi connectivity index (χ4n) is 1.14. The second-order valence-electron chi connectivity index (χ2n) is 3.83. The van der Waals surface area contributed by atoms with Crippen LogP contribution in [0.1, 0.15) is 5.56 Å². The number of carbonyl (C=O) groups excluding carboxylic acids is 2. The zero-order valence-electron chi connectivity index (χ0n) is 10.6. The lowest BCUT2D eigenvalue weighted by Gasteiger charge is -2.07. The van der Waals surface area contributed by atoms with Crippen molar-refractivity contribution in [2.75, 3.05) is 0 Å². The van der Waals surface area contributed by atoms with Crippen molar-refractivity contribution in [3.63, 3.8) is 0 Å². The standard InChI is InChI=1S/C10H12N2O2.C2HF3O2/c11-8(9(13)10(12)14)6-7-4-2-1-3-5-7;3-2(4,5)1(6)7/h1-5,8H,6,11H2,(H2,12,14);(H,6,7)/t8-;/m0./s1. The van der Waals surface area contributed by atoms with E-state index in [2.05, 4.69) is 0 Å². The summed E-state index contributed by atoms with van der Waals surface area (Å²) in [5, 5.41) is 7.12. The van der Waals surface area contributed by atoms with Crippen molar-refractivity contribution in [2.24, 2.45) is 11.5 Å². The summed E-state index contributed by atoms with van der Waals surface area (Å²) in [5.41, 5.74) is 11.2. The number of ketones is 1. The molecular weight excluding hydrogens is 293 g/mol. The van der Waals surface area contributed by atoms with Gasteiger partial charge in [0.15, 0.2) is 0 Å². The molecule has 0 aromatic heterocycles. The van der Waals surface area contributed by atoms with Gasteiger partial charge in [-0.2, -0.15) is 13.2 Å². The molecule has 9 heteroatoms. The van der Waals surface area contributed by atoms with E-state index in [4.69, 9.17) is 21.4 Å². The Labute approximate surface area is 117 Å². The highest BCUT2D eigenvalue weighted by Gasteiger charge is 2.38. The van der Waals surface area contributed by atoms with E-state index in [1.54, 1.807) is 0 Å². The smallest absolute Gasteiger partial charge is 0.475 e. The topological polar surface area (TPSA) is 123 Å². The van der Waals surface area contributed by atoms with E-state index in [1.807, 2.05) is 30.3 Å². The number of carbonyl (C=O) groups is 3. The molecule has 0 heterocycles. The number of benzene rings is 1. The summed E-state index contributed by atoms with van der Waals surface area (Å²) in [6.07, 6.45) is -4.75. The van der Waals surface area contributed by atoms with Crippen LogP contribution in [-0.2, 0) is 20.8 Å². The molecule has 0 saturated carbocycles. The molecule has 0 unspecified atom stereocenters. The number of primary amides is 1. The van der Waals surface area contributed by atoms with Gasteiger partial charge in [0.05, 0.1) is 6.04 Å². The highest BCUT2D eigenvalue weighted by atomic mass is 19.4. The van der Waals surface area contributed by atoms with Gasteiger partial charge < -0.3 is 16.6 Å². The van der Waals surface area contributed by atoms with Crippen LogP contribution in [0.5, 0.6) is 0 Å². The van der Waals surface area contributed by atoms with Crippen LogP contribution in [0, 0.1) is 0 Å². The van der Waals surface area contributed by atoms with Gasteiger partial charge in [-0.1, -0.05) is 30.3 Å². The Morgan fingerprint density at radius 3 is 1.90 bits per heavy atom. The van der Waals surface area contributed by atoms with Crippen LogP contribution in [0.25, 0.3) is 0 Å². The van der Waals surface area contributed by atoms with Crippen molar-refractivity contribution in [2.45, 2.75) is 18.6 Å². The van der Waals surface area contributed by atoms with Gasteiger partial charge in [-0.3, -0.25) is 9.59 Å². The molecule has 0 bridgehead atoms. The van der Waals surface area contributed by atoms with Crippen molar-refractivity contribution in [1.82, 2.24) is 0 Å². The van der Waals surface area contributed by atoms with Gasteiger partial charge in [0.2, 0.25) is 5.78 Å². The number of halogens is 3. The number of aliphatic carboxylic acids is 1. The van der Waals surface area contributed by atoms with Crippen molar-refractivity contribution < 1.29 is 32.7 Å². The van der Waals surface area contributed by atoms with Crippen LogP contribution in [0.15, 0.2) is 30.3 Å². The van der Waals surface area contributed by atoms with Gasteiger partial charge in [0.1, 0.15) is 0 Å². The molecule has 1 aromatic rings. The zero-order valence-corrected chi connectivity index (χ0v) is 10.6. The largest absolute Gasteiger partial charge is 0.490 e. The van der Waals surface area contributed by atoms with Crippen molar-refractivity contribution >= 4 is 17.7 Å². The number of hydrogen-bond acceptors (Lipinski definition) is 4. The Morgan fingerprint density at radius 2 is 1.57 bits per heavy atom. The SMILES string of the molecule is NC(=O)C(=O)[C@@H](N)Cc1ccccc1.O=C(O)C(F)(F)F. The summed E-state index contributed by atoms with van der Waals surface area (Å²) in [7, 11) is 0. The highest BCUT2D eigenvalue weighted by Crippen LogP contribution is 2.13. The van der Waals surface area contributed by atoms with Crippen LogP contribution in [-0.4, -0.2) is 35.0 Å². The third-order valence-electron chi connectivity index (χ3n) is 2.12. The highest BCUT2D eigenvalue weighted by molar-refractivity contribution is 6.37. The number of rotatable bonds is 4. The van der Waals surface area contributed by atoms with Crippen LogP contribution in [0.3, 0.4) is 0 Å². The Bertz CT molecular complexity index is 503. The summed E-state index contributed by atoms with van der Waals surface area (Å²) in [6, 6.07) is 8.40. The lowest BCUT2D eigenvalue weighted by atomic mass is 10.0. The maximum absolute atomic E-state index is 11.0. The van der Waals surface area contributed by atoms with Crippen LogP contribution in [0.2, 0.25) is 0 Å². The number of nitrogens with two attached hydrogens (primary N) is 2. The van der Waals surface area contributed by atoms with E-state index >= 15 is 0 Å². The molecule has 21 heavy (non-hydrogen) atoms. The Morgan fingerprint density at radius 1 is 1.14 bits per heavy atom. The molecule has 0 radical (unpaired) electrons. The number of amides is 1. The van der Waals surface area contributed by atoms with E-state index in [0.717, 1.165) is 5.56 Å². The van der Waals surface area contributed by atoms with Gasteiger partial charge in [0.25, 0.3) is 5.91 Å². The number of carboxylic acid groups (broad SMARTS) is 1. The van der Waals surface area contributed by atoms with Gasteiger partial charge in [-0.05, 0) is 12.0 Å². The lowest BCUT2D eigenvalue weighted by Crippen LogP contribution is -2.41. The second-order valence-corrected chi connectivity index (χ2v) is 3.83. The summed E-state index contributed by atoms with van der Waals surface area (Å²) in [6.45, 7) is 0. The Hall–Kier alpha value is -2.42. The molecule has 1 aromatic carbocycles. The predicted octanol–water partition coefficient (Wildman–Crippen LogP) is 0.244. The third-order valence-corrected chi connectivity index (χ3v) is 2.12. The predicted molar refractivity (Wildman–Crippen MR) is 66.0 cm³/mol. The molecule has 0 aliphatic rings. The Kier molecular flexibility index (Phi) is 7.08. The van der Waals surface area contributed by atoms with Gasteiger partial charge in [-0.25, -0.2) is 4.79 Å². The van der Waals surface area contributed by atoms with Crippen molar-refractivity contribution in [3.8, 4) is 0 Å². The first-order valence-electron chi connectivity index (χ1n) is 5.49. The van der Waals surface area contributed by atoms with E-state index in [0.29, 0.717) is 6.42 Å². The fraction of sp³-hybridized carbons (Fsp3) is 0.250. The van der Waals surface area contributed by atoms with Crippen LogP contribution in [0.4, 0.5) is 13.2 Å². The molecule has 0 aliphatic heterocycles. The first kappa shape index (κ1) is 18.6. The molecule has 5 N–H and O–H groups in total. The number of hydrogen-bond donors (Lipinski definition) is 3. The maximum Gasteiger partial charge on any atom is 0.490 e. The fourth-order valence-corrected chi connectivity index (χ4v) is 1.14. The molecule has 0 fully saturated rings. The average molecular weight is 306 g/mol. The zero-order chi connectivity index (χ0) is 16.6. The molecule has 116 valence electrons. The normalized spacial score (nSPS) is 11.8. The Balaban J connectivity index is 0.000000486. The lowest BCUT2D eigenvalue weighted by molar-refractivity contribution is -0.192. The molecule has 6 nitrogen and oxygen atoms in total. The van der Waals surface area contributed by atoms with Gasteiger partial charge in [0, 0.05) is 0 Å². The molecule has 1 atom stereocenters. The quantitative estimate of drug-likeness (QED) is 0.688. The first-order chi connectivity index (χ1) is 9.55. The van der Waals surface area contributed by atoms with Gasteiger partial charge >= 0.3 is 12.1 Å². The second kappa shape index (κ2) is 8.00. The minimum absolute atomic E-state index is 0.336. The number of carboxylic acids is 1. The molecule has 0 aliphatic carbocycles. The molecule has 1 amide bonds. The van der Waals surface area contributed by atoms with Crippen LogP contribution < -0.4 is 11.5 Å². The molecule has 0 spiro atoms. The van der Waals surface area contributed by atoms with Gasteiger partial charge in [-0.15, -0.1) is 0 Å². The minimum Gasteiger partial charge on any atom is -0.475 e. The molecule has 0 saturated heterocycles. The number of Topliss-reactive ketones (excluding diaryl/α,β-unsaturated/α-hetero) is 1.